The van der Waals surface area contributed by atoms with Crippen molar-refractivity contribution in [3.63, 3.8) is 0 Å². The summed E-state index contributed by atoms with van der Waals surface area (Å²) in [5.74, 6) is -0.775. The van der Waals surface area contributed by atoms with E-state index in [0.29, 0.717) is 0 Å². The smallest absolute Gasteiger partial charge is 0.259 e. The highest BCUT2D eigenvalue weighted by atomic mass is 16.3. The highest BCUT2D eigenvalue weighted by Gasteiger charge is 2.37. The lowest BCUT2D eigenvalue weighted by molar-refractivity contribution is 0.0815. The molecule has 0 heterocycles. The summed E-state index contributed by atoms with van der Waals surface area (Å²) in [6, 6.07) is 4.29. The molecule has 1 aliphatic rings. The van der Waals surface area contributed by atoms with Crippen molar-refractivity contribution in [1.82, 2.24) is 5.32 Å². The molecule has 0 bridgehead atoms. The van der Waals surface area contributed by atoms with Crippen LogP contribution in [-0.4, -0.2) is 21.7 Å². The molecule has 1 fully saturated rings. The molecule has 92 valence electrons. The third-order valence-electron chi connectivity index (χ3n) is 3.61. The summed E-state index contributed by atoms with van der Waals surface area (Å²) in [6.07, 6.45) is 3.90. The van der Waals surface area contributed by atoms with Gasteiger partial charge in [0.1, 0.15) is 17.1 Å². The zero-order chi connectivity index (χ0) is 12.5. The number of carbonyl (C=O) groups is 1. The molecule has 0 atom stereocenters. The number of nitrogens with one attached hydrogen (secondary N) is 1. The number of amides is 1. The van der Waals surface area contributed by atoms with Gasteiger partial charge in [0.15, 0.2) is 0 Å². The molecule has 0 aliphatic heterocycles. The SMILES string of the molecule is CCC1(NC(=O)c2c(O)cccc2O)CCC1. The Bertz CT molecular complexity index is 413. The maximum atomic E-state index is 12.0. The molecule has 1 aromatic rings. The average molecular weight is 235 g/mol. The predicted octanol–water partition coefficient (Wildman–Crippen LogP) is 2.16. The molecule has 1 aromatic carbocycles. The fourth-order valence-electron chi connectivity index (χ4n) is 2.23. The molecule has 0 radical (unpaired) electrons. The van der Waals surface area contributed by atoms with Crippen LogP contribution in [0.5, 0.6) is 11.5 Å². The minimum atomic E-state index is -0.401. The van der Waals surface area contributed by atoms with E-state index in [1.54, 1.807) is 0 Å². The zero-order valence-electron chi connectivity index (χ0n) is 9.86. The molecule has 4 nitrogen and oxygen atoms in total. The highest BCUT2D eigenvalue weighted by molar-refractivity contribution is 5.99. The Morgan fingerprint density at radius 1 is 1.35 bits per heavy atom. The normalized spacial score (nSPS) is 17.2. The van der Waals surface area contributed by atoms with Crippen LogP contribution in [0.3, 0.4) is 0 Å². The number of carbonyl (C=O) groups excluding carboxylic acids is 1. The second-order valence-electron chi connectivity index (χ2n) is 4.61. The summed E-state index contributed by atoms with van der Waals surface area (Å²) < 4.78 is 0. The van der Waals surface area contributed by atoms with Gasteiger partial charge in [-0.1, -0.05) is 13.0 Å². The molecule has 1 saturated carbocycles. The van der Waals surface area contributed by atoms with Crippen LogP contribution >= 0.6 is 0 Å². The molecule has 4 heteroatoms. The van der Waals surface area contributed by atoms with E-state index in [4.69, 9.17) is 0 Å². The fraction of sp³-hybridized carbons (Fsp3) is 0.462. The van der Waals surface area contributed by atoms with Crippen molar-refractivity contribution in [2.45, 2.75) is 38.1 Å². The lowest BCUT2D eigenvalue weighted by Gasteiger charge is -2.42. The van der Waals surface area contributed by atoms with E-state index in [2.05, 4.69) is 5.32 Å². The van der Waals surface area contributed by atoms with Crippen LogP contribution in [0, 0.1) is 0 Å². The number of phenols is 2. The van der Waals surface area contributed by atoms with Crippen LogP contribution < -0.4 is 5.32 Å². The first kappa shape index (κ1) is 11.8. The van der Waals surface area contributed by atoms with Crippen LogP contribution in [0.1, 0.15) is 43.0 Å². The molecule has 1 aliphatic carbocycles. The third-order valence-corrected chi connectivity index (χ3v) is 3.61. The molecular formula is C13H17NO3. The van der Waals surface area contributed by atoms with Crippen LogP contribution in [0.4, 0.5) is 0 Å². The summed E-state index contributed by atoms with van der Waals surface area (Å²) in [6.45, 7) is 2.03. The van der Waals surface area contributed by atoms with E-state index >= 15 is 0 Å². The number of rotatable bonds is 3. The molecule has 0 aromatic heterocycles. The van der Waals surface area contributed by atoms with E-state index in [9.17, 15) is 15.0 Å². The van der Waals surface area contributed by atoms with Crippen LogP contribution in [0.15, 0.2) is 18.2 Å². The Morgan fingerprint density at radius 3 is 2.35 bits per heavy atom. The van der Waals surface area contributed by atoms with Crippen molar-refractivity contribution in [3.8, 4) is 11.5 Å². The molecule has 1 amide bonds. The first-order valence-corrected chi connectivity index (χ1v) is 5.91. The zero-order valence-corrected chi connectivity index (χ0v) is 9.86. The van der Waals surface area contributed by atoms with Gasteiger partial charge in [0.2, 0.25) is 0 Å². The van der Waals surface area contributed by atoms with Gasteiger partial charge in [-0.15, -0.1) is 0 Å². The van der Waals surface area contributed by atoms with Crippen molar-refractivity contribution in [2.75, 3.05) is 0 Å². The van der Waals surface area contributed by atoms with Crippen molar-refractivity contribution in [1.29, 1.82) is 0 Å². The Hall–Kier alpha value is -1.71. The molecule has 2 rings (SSSR count). The van der Waals surface area contributed by atoms with E-state index in [0.717, 1.165) is 25.7 Å². The van der Waals surface area contributed by atoms with Gasteiger partial charge in [0.05, 0.1) is 0 Å². The first-order valence-electron chi connectivity index (χ1n) is 5.91. The van der Waals surface area contributed by atoms with Gasteiger partial charge in [-0.05, 0) is 37.8 Å². The number of hydrogen-bond acceptors (Lipinski definition) is 3. The number of benzene rings is 1. The maximum absolute atomic E-state index is 12.0. The van der Waals surface area contributed by atoms with Gasteiger partial charge < -0.3 is 15.5 Å². The van der Waals surface area contributed by atoms with Crippen molar-refractivity contribution >= 4 is 5.91 Å². The van der Waals surface area contributed by atoms with Crippen LogP contribution in [0.2, 0.25) is 0 Å². The summed E-state index contributed by atoms with van der Waals surface area (Å²) in [5, 5.41) is 22.1. The van der Waals surface area contributed by atoms with Crippen molar-refractivity contribution < 1.29 is 15.0 Å². The second kappa shape index (κ2) is 4.28. The topological polar surface area (TPSA) is 69.6 Å². The number of hydrogen-bond donors (Lipinski definition) is 3. The summed E-state index contributed by atoms with van der Waals surface area (Å²) in [7, 11) is 0. The maximum Gasteiger partial charge on any atom is 0.259 e. The lowest BCUT2D eigenvalue weighted by Crippen LogP contribution is -2.52. The van der Waals surface area contributed by atoms with Crippen LogP contribution in [0.25, 0.3) is 0 Å². The first-order chi connectivity index (χ1) is 8.08. The molecular weight excluding hydrogens is 218 g/mol. The van der Waals surface area contributed by atoms with E-state index < -0.39 is 5.91 Å². The fourth-order valence-corrected chi connectivity index (χ4v) is 2.23. The standard InChI is InChI=1S/C13H17NO3/c1-2-13(7-4-8-13)14-12(17)11-9(15)5-3-6-10(11)16/h3,5-6,15-16H,2,4,7-8H2,1H3,(H,14,17). The lowest BCUT2D eigenvalue weighted by atomic mass is 9.74. The van der Waals surface area contributed by atoms with Gasteiger partial charge in [0.25, 0.3) is 5.91 Å². The van der Waals surface area contributed by atoms with Gasteiger partial charge in [0, 0.05) is 5.54 Å². The quantitative estimate of drug-likeness (QED) is 0.752. The van der Waals surface area contributed by atoms with Crippen molar-refractivity contribution in [2.24, 2.45) is 0 Å². The Balaban J connectivity index is 2.20. The minimum Gasteiger partial charge on any atom is -0.507 e. The predicted molar refractivity (Wildman–Crippen MR) is 64.1 cm³/mol. The van der Waals surface area contributed by atoms with Gasteiger partial charge in [-0.25, -0.2) is 0 Å². The molecule has 0 spiro atoms. The third kappa shape index (κ3) is 2.07. The van der Waals surface area contributed by atoms with Gasteiger partial charge >= 0.3 is 0 Å². The number of aromatic hydroxyl groups is 2. The van der Waals surface area contributed by atoms with E-state index in [1.807, 2.05) is 6.92 Å². The van der Waals surface area contributed by atoms with Gasteiger partial charge in [-0.3, -0.25) is 4.79 Å². The Morgan fingerprint density at radius 2 is 1.94 bits per heavy atom. The highest BCUT2D eigenvalue weighted by Crippen LogP contribution is 2.36. The largest absolute Gasteiger partial charge is 0.507 e. The van der Waals surface area contributed by atoms with Crippen molar-refractivity contribution in [3.05, 3.63) is 23.8 Å². The summed E-state index contributed by atoms with van der Waals surface area (Å²) in [4.78, 5) is 12.0. The van der Waals surface area contributed by atoms with Gasteiger partial charge in [-0.2, -0.15) is 0 Å². The Labute approximate surface area is 100 Å². The van der Waals surface area contributed by atoms with E-state index in [1.165, 1.54) is 18.2 Å². The molecule has 3 N–H and O–H groups in total. The second-order valence-corrected chi connectivity index (χ2v) is 4.61. The summed E-state index contributed by atoms with van der Waals surface area (Å²) in [5.41, 5.74) is -0.182. The molecule has 0 unspecified atom stereocenters. The Kier molecular flexibility index (Phi) is 2.96. The average Bonchev–Trinajstić information content (AvgIpc) is 2.23. The molecule has 17 heavy (non-hydrogen) atoms. The minimum absolute atomic E-state index is 0.0350. The molecule has 0 saturated heterocycles. The monoisotopic (exact) mass is 235 g/mol. The summed E-state index contributed by atoms with van der Waals surface area (Å²) >= 11 is 0. The number of phenolic OH excluding ortho intramolecular Hbond substituents is 2. The van der Waals surface area contributed by atoms with Crippen LogP contribution in [-0.2, 0) is 0 Å². The van der Waals surface area contributed by atoms with E-state index in [-0.39, 0.29) is 22.6 Å².